The SMILES string of the molecule is CCO[C@@H]1C[C@H](N(C)C(=O)c2noc3c2CCCCC3)C12CCC2. The van der Waals surface area contributed by atoms with Gasteiger partial charge in [0.15, 0.2) is 5.69 Å². The number of aromatic nitrogens is 1. The fourth-order valence-corrected chi connectivity index (χ4v) is 4.98. The molecule has 2 saturated carbocycles. The van der Waals surface area contributed by atoms with Crippen LogP contribution in [0.2, 0.25) is 0 Å². The van der Waals surface area contributed by atoms with E-state index in [4.69, 9.17) is 9.26 Å². The molecule has 1 spiro atoms. The third-order valence-corrected chi connectivity index (χ3v) is 6.59. The number of ether oxygens (including phenoxy) is 1. The van der Waals surface area contributed by atoms with Gasteiger partial charge in [0, 0.05) is 37.1 Å². The Kier molecular flexibility index (Phi) is 4.15. The van der Waals surface area contributed by atoms with E-state index in [0.29, 0.717) is 11.8 Å². The van der Waals surface area contributed by atoms with Gasteiger partial charge in [-0.05, 0) is 45.4 Å². The zero-order valence-corrected chi connectivity index (χ0v) is 14.8. The average Bonchev–Trinajstić information content (AvgIpc) is 2.76. The van der Waals surface area contributed by atoms with Gasteiger partial charge in [0.2, 0.25) is 0 Å². The van der Waals surface area contributed by atoms with E-state index < -0.39 is 0 Å². The van der Waals surface area contributed by atoms with Crippen molar-refractivity contribution in [1.29, 1.82) is 0 Å². The van der Waals surface area contributed by atoms with Crippen LogP contribution in [0.1, 0.15) is 73.7 Å². The summed E-state index contributed by atoms with van der Waals surface area (Å²) in [5, 5.41) is 4.15. The van der Waals surface area contributed by atoms with Crippen molar-refractivity contribution in [3.63, 3.8) is 0 Å². The molecular weight excluding hydrogens is 304 g/mol. The molecule has 4 rings (SSSR count). The maximum atomic E-state index is 13.1. The predicted molar refractivity (Wildman–Crippen MR) is 90.0 cm³/mol. The fraction of sp³-hybridized carbons (Fsp3) is 0.789. The highest BCUT2D eigenvalue weighted by atomic mass is 16.5. The van der Waals surface area contributed by atoms with E-state index >= 15 is 0 Å². The minimum absolute atomic E-state index is 0.0353. The maximum Gasteiger partial charge on any atom is 0.276 e. The lowest BCUT2D eigenvalue weighted by molar-refractivity contribution is -0.192. The lowest BCUT2D eigenvalue weighted by atomic mass is 9.50. The van der Waals surface area contributed by atoms with Gasteiger partial charge in [-0.25, -0.2) is 0 Å². The molecule has 0 bridgehead atoms. The second-order valence-corrected chi connectivity index (χ2v) is 7.69. The van der Waals surface area contributed by atoms with Crippen LogP contribution in [0.15, 0.2) is 4.52 Å². The Morgan fingerprint density at radius 3 is 2.79 bits per heavy atom. The Labute approximate surface area is 143 Å². The van der Waals surface area contributed by atoms with Crippen molar-refractivity contribution < 1.29 is 14.1 Å². The molecule has 3 aliphatic carbocycles. The summed E-state index contributed by atoms with van der Waals surface area (Å²) in [5.41, 5.74) is 1.82. The summed E-state index contributed by atoms with van der Waals surface area (Å²) < 4.78 is 11.4. The van der Waals surface area contributed by atoms with E-state index in [1.54, 1.807) is 0 Å². The van der Waals surface area contributed by atoms with Crippen molar-refractivity contribution in [3.05, 3.63) is 17.0 Å². The van der Waals surface area contributed by atoms with Gasteiger partial charge in [-0.2, -0.15) is 0 Å². The molecule has 1 amide bonds. The molecule has 0 N–H and O–H groups in total. The first-order chi connectivity index (χ1) is 11.7. The fourth-order valence-electron chi connectivity index (χ4n) is 4.98. The Bertz CT molecular complexity index is 620. The van der Waals surface area contributed by atoms with Gasteiger partial charge in [0.1, 0.15) is 5.76 Å². The highest BCUT2D eigenvalue weighted by Crippen LogP contribution is 2.59. The predicted octanol–water partition coefficient (Wildman–Crippen LogP) is 3.36. The maximum absolute atomic E-state index is 13.1. The summed E-state index contributed by atoms with van der Waals surface area (Å²) in [7, 11) is 1.94. The van der Waals surface area contributed by atoms with Crippen LogP contribution in [0.4, 0.5) is 0 Å². The van der Waals surface area contributed by atoms with Gasteiger partial charge >= 0.3 is 0 Å². The molecule has 3 aliphatic rings. The van der Waals surface area contributed by atoms with Crippen LogP contribution in [0.25, 0.3) is 0 Å². The van der Waals surface area contributed by atoms with Crippen LogP contribution in [0.5, 0.6) is 0 Å². The van der Waals surface area contributed by atoms with Crippen LogP contribution in [0.3, 0.4) is 0 Å². The molecule has 5 nitrogen and oxygen atoms in total. The number of nitrogens with zero attached hydrogens (tertiary/aromatic N) is 2. The summed E-state index contributed by atoms with van der Waals surface area (Å²) in [6.45, 7) is 2.81. The lowest BCUT2D eigenvalue weighted by Crippen LogP contribution is -2.67. The highest BCUT2D eigenvalue weighted by molar-refractivity contribution is 5.94. The standard InChI is InChI=1S/C19H28N2O3/c1-3-23-16-12-15(19(16)10-7-11-19)21(2)18(22)17-13-8-5-4-6-9-14(13)24-20-17/h15-16H,3-12H2,1-2H3/t15-,16+/m0/s1. The van der Waals surface area contributed by atoms with Crippen molar-refractivity contribution in [2.45, 2.75) is 76.9 Å². The zero-order valence-electron chi connectivity index (χ0n) is 14.8. The van der Waals surface area contributed by atoms with Crippen molar-refractivity contribution in [2.75, 3.05) is 13.7 Å². The first-order valence-electron chi connectivity index (χ1n) is 9.53. The second kappa shape index (κ2) is 6.17. The summed E-state index contributed by atoms with van der Waals surface area (Å²) in [4.78, 5) is 15.0. The zero-order chi connectivity index (χ0) is 16.7. The van der Waals surface area contributed by atoms with E-state index in [-0.39, 0.29) is 17.4 Å². The molecule has 2 atom stereocenters. The summed E-state index contributed by atoms with van der Waals surface area (Å²) in [6.07, 6.45) is 10.2. The molecule has 1 heterocycles. The Balaban J connectivity index is 1.52. The molecule has 1 aromatic heterocycles. The molecular formula is C19H28N2O3. The van der Waals surface area contributed by atoms with E-state index in [9.17, 15) is 4.79 Å². The highest BCUT2D eigenvalue weighted by Gasteiger charge is 2.61. The number of hydrogen-bond acceptors (Lipinski definition) is 4. The topological polar surface area (TPSA) is 55.6 Å². The van der Waals surface area contributed by atoms with Crippen LogP contribution in [-0.4, -0.2) is 41.8 Å². The first kappa shape index (κ1) is 16.1. The number of hydrogen-bond donors (Lipinski definition) is 0. The molecule has 0 saturated heterocycles. The minimum Gasteiger partial charge on any atom is -0.378 e. The molecule has 5 heteroatoms. The quantitative estimate of drug-likeness (QED) is 0.793. The van der Waals surface area contributed by atoms with Gasteiger partial charge < -0.3 is 14.2 Å². The van der Waals surface area contributed by atoms with E-state index in [1.165, 1.54) is 25.7 Å². The lowest BCUT2D eigenvalue weighted by Gasteiger charge is -2.63. The molecule has 0 radical (unpaired) electrons. The molecule has 0 unspecified atom stereocenters. The van der Waals surface area contributed by atoms with Gasteiger partial charge in [0.05, 0.1) is 6.10 Å². The van der Waals surface area contributed by atoms with Gasteiger partial charge in [-0.1, -0.05) is 18.0 Å². The van der Waals surface area contributed by atoms with E-state index in [1.807, 2.05) is 11.9 Å². The smallest absolute Gasteiger partial charge is 0.276 e. The van der Waals surface area contributed by atoms with E-state index in [0.717, 1.165) is 50.0 Å². The molecule has 132 valence electrons. The number of fused-ring (bicyclic) bond motifs is 1. The number of amides is 1. The number of aryl methyl sites for hydroxylation is 1. The van der Waals surface area contributed by atoms with E-state index in [2.05, 4.69) is 12.1 Å². The Morgan fingerprint density at radius 1 is 1.29 bits per heavy atom. The van der Waals surface area contributed by atoms with Gasteiger partial charge in [-0.15, -0.1) is 0 Å². The normalized spacial score (nSPS) is 27.8. The van der Waals surface area contributed by atoms with Gasteiger partial charge in [0.25, 0.3) is 5.91 Å². The Morgan fingerprint density at radius 2 is 2.08 bits per heavy atom. The monoisotopic (exact) mass is 332 g/mol. The van der Waals surface area contributed by atoms with Crippen LogP contribution < -0.4 is 0 Å². The minimum atomic E-state index is 0.0353. The van der Waals surface area contributed by atoms with Crippen molar-refractivity contribution in [3.8, 4) is 0 Å². The molecule has 0 aliphatic heterocycles. The molecule has 0 aromatic carbocycles. The Hall–Kier alpha value is -1.36. The summed E-state index contributed by atoms with van der Waals surface area (Å²) in [6, 6.07) is 0.286. The number of rotatable bonds is 4. The largest absolute Gasteiger partial charge is 0.378 e. The molecule has 1 aromatic rings. The van der Waals surface area contributed by atoms with Crippen LogP contribution in [0, 0.1) is 5.41 Å². The first-order valence-corrected chi connectivity index (χ1v) is 9.53. The molecule has 2 fully saturated rings. The third-order valence-electron chi connectivity index (χ3n) is 6.59. The third kappa shape index (κ3) is 2.32. The van der Waals surface area contributed by atoms with Crippen molar-refractivity contribution >= 4 is 5.91 Å². The number of carbonyl (C=O) groups excluding carboxylic acids is 1. The molecule has 24 heavy (non-hydrogen) atoms. The van der Waals surface area contributed by atoms with Gasteiger partial charge in [-0.3, -0.25) is 4.79 Å². The average molecular weight is 332 g/mol. The summed E-state index contributed by atoms with van der Waals surface area (Å²) >= 11 is 0. The van der Waals surface area contributed by atoms with Crippen LogP contribution in [-0.2, 0) is 17.6 Å². The second-order valence-electron chi connectivity index (χ2n) is 7.69. The van der Waals surface area contributed by atoms with Crippen molar-refractivity contribution in [2.24, 2.45) is 5.41 Å². The number of carbonyl (C=O) groups is 1. The van der Waals surface area contributed by atoms with Crippen LogP contribution >= 0.6 is 0 Å². The summed E-state index contributed by atoms with van der Waals surface area (Å²) in [5.74, 6) is 0.969. The van der Waals surface area contributed by atoms with Crippen molar-refractivity contribution in [1.82, 2.24) is 10.1 Å².